The first-order valence-corrected chi connectivity index (χ1v) is 7.64. The summed E-state index contributed by atoms with van der Waals surface area (Å²) < 4.78 is 10.7. The maximum Gasteiger partial charge on any atom is 0.279 e. The van der Waals surface area contributed by atoms with Gasteiger partial charge in [0.25, 0.3) is 5.91 Å². The SMILES string of the molecule is C[NH+](CC(=O)Nc1ccccc1C#N)Cc1ccc2c(c1)OCO2. The average Bonchev–Trinajstić information content (AvgIpc) is 3.02. The van der Waals surface area contributed by atoms with Crippen molar-refractivity contribution < 1.29 is 19.2 Å². The molecule has 0 bridgehead atoms. The highest BCUT2D eigenvalue weighted by molar-refractivity contribution is 5.92. The molecule has 6 nitrogen and oxygen atoms in total. The minimum absolute atomic E-state index is 0.129. The number of rotatable bonds is 5. The number of fused-ring (bicyclic) bond motifs is 1. The van der Waals surface area contributed by atoms with Crippen molar-refractivity contribution >= 4 is 11.6 Å². The number of carbonyl (C=O) groups is 1. The summed E-state index contributed by atoms with van der Waals surface area (Å²) >= 11 is 0. The van der Waals surface area contributed by atoms with Crippen molar-refractivity contribution in [2.45, 2.75) is 6.54 Å². The van der Waals surface area contributed by atoms with Crippen molar-refractivity contribution in [1.29, 1.82) is 5.26 Å². The van der Waals surface area contributed by atoms with Crippen LogP contribution in [0.25, 0.3) is 0 Å². The summed E-state index contributed by atoms with van der Waals surface area (Å²) in [6.07, 6.45) is 0. The third-order valence-electron chi connectivity index (χ3n) is 3.73. The van der Waals surface area contributed by atoms with Crippen LogP contribution in [0.5, 0.6) is 11.5 Å². The summed E-state index contributed by atoms with van der Waals surface area (Å²) in [5.41, 5.74) is 2.07. The van der Waals surface area contributed by atoms with Crippen molar-refractivity contribution in [2.24, 2.45) is 0 Å². The molecule has 24 heavy (non-hydrogen) atoms. The van der Waals surface area contributed by atoms with E-state index in [4.69, 9.17) is 14.7 Å². The zero-order chi connectivity index (χ0) is 16.9. The van der Waals surface area contributed by atoms with Crippen LogP contribution in [-0.4, -0.2) is 26.3 Å². The van der Waals surface area contributed by atoms with Crippen molar-refractivity contribution in [3.05, 3.63) is 53.6 Å². The summed E-state index contributed by atoms with van der Waals surface area (Å²) in [5.74, 6) is 1.37. The molecule has 0 radical (unpaired) electrons. The molecule has 2 aromatic rings. The number of nitrogens with one attached hydrogen (secondary N) is 2. The lowest BCUT2D eigenvalue weighted by molar-refractivity contribution is -0.885. The Morgan fingerprint density at radius 1 is 1.25 bits per heavy atom. The van der Waals surface area contributed by atoms with E-state index in [0.717, 1.165) is 22.0 Å². The molecule has 0 spiro atoms. The first-order chi connectivity index (χ1) is 11.7. The molecule has 1 aliphatic heterocycles. The number of nitriles is 1. The Bertz CT molecular complexity index is 798. The van der Waals surface area contributed by atoms with Gasteiger partial charge in [0.05, 0.1) is 18.3 Å². The first kappa shape index (κ1) is 15.8. The number of quaternary nitrogens is 1. The fourth-order valence-corrected chi connectivity index (χ4v) is 2.62. The summed E-state index contributed by atoms with van der Waals surface area (Å²) in [5, 5.41) is 11.8. The Morgan fingerprint density at radius 3 is 2.88 bits per heavy atom. The van der Waals surface area contributed by atoms with E-state index in [1.54, 1.807) is 24.3 Å². The second-order valence-electron chi connectivity index (χ2n) is 5.70. The number of amides is 1. The summed E-state index contributed by atoms with van der Waals surface area (Å²) in [6.45, 7) is 1.24. The fraction of sp³-hybridized carbons (Fsp3) is 0.222. The molecular weight excluding hydrogens is 306 g/mol. The number of hydrogen-bond acceptors (Lipinski definition) is 4. The summed E-state index contributed by atoms with van der Waals surface area (Å²) in [4.78, 5) is 13.2. The van der Waals surface area contributed by atoms with E-state index < -0.39 is 0 Å². The van der Waals surface area contributed by atoms with Gasteiger partial charge in [-0.05, 0) is 30.3 Å². The Kier molecular flexibility index (Phi) is 4.64. The highest BCUT2D eigenvalue weighted by atomic mass is 16.7. The topological polar surface area (TPSA) is 75.8 Å². The molecule has 1 amide bonds. The highest BCUT2D eigenvalue weighted by Crippen LogP contribution is 2.32. The highest BCUT2D eigenvalue weighted by Gasteiger charge is 2.16. The van der Waals surface area contributed by atoms with E-state index in [-0.39, 0.29) is 12.7 Å². The zero-order valence-electron chi connectivity index (χ0n) is 13.3. The molecular formula is C18H18N3O3+. The van der Waals surface area contributed by atoms with E-state index in [9.17, 15) is 4.79 Å². The Morgan fingerprint density at radius 2 is 2.04 bits per heavy atom. The molecule has 0 fully saturated rings. The lowest BCUT2D eigenvalue weighted by Crippen LogP contribution is -3.08. The number of nitrogens with zero attached hydrogens (tertiary/aromatic N) is 1. The van der Waals surface area contributed by atoms with Gasteiger partial charge >= 0.3 is 0 Å². The largest absolute Gasteiger partial charge is 0.454 e. The van der Waals surface area contributed by atoms with Crippen LogP contribution in [-0.2, 0) is 11.3 Å². The van der Waals surface area contributed by atoms with Gasteiger partial charge < -0.3 is 19.7 Å². The molecule has 1 aliphatic rings. The van der Waals surface area contributed by atoms with E-state index in [1.165, 1.54) is 0 Å². The Hall–Kier alpha value is -3.04. The van der Waals surface area contributed by atoms with Gasteiger partial charge in [-0.3, -0.25) is 4.79 Å². The normalized spacial score (nSPS) is 13.2. The number of hydrogen-bond donors (Lipinski definition) is 2. The summed E-state index contributed by atoms with van der Waals surface area (Å²) in [7, 11) is 1.94. The fourth-order valence-electron chi connectivity index (χ4n) is 2.62. The van der Waals surface area contributed by atoms with Gasteiger partial charge in [0.2, 0.25) is 6.79 Å². The van der Waals surface area contributed by atoms with Crippen LogP contribution in [0, 0.1) is 11.3 Å². The van der Waals surface area contributed by atoms with E-state index in [2.05, 4.69) is 11.4 Å². The second-order valence-corrected chi connectivity index (χ2v) is 5.70. The van der Waals surface area contributed by atoms with Crippen LogP contribution in [0.15, 0.2) is 42.5 Å². The monoisotopic (exact) mass is 324 g/mol. The van der Waals surface area contributed by atoms with Gasteiger partial charge in [-0.15, -0.1) is 0 Å². The molecule has 122 valence electrons. The van der Waals surface area contributed by atoms with Gasteiger partial charge in [0.1, 0.15) is 12.6 Å². The van der Waals surface area contributed by atoms with Crippen LogP contribution in [0.4, 0.5) is 5.69 Å². The maximum atomic E-state index is 12.2. The molecule has 3 rings (SSSR count). The van der Waals surface area contributed by atoms with Crippen molar-refractivity contribution in [2.75, 3.05) is 25.7 Å². The second kappa shape index (κ2) is 7.02. The molecule has 1 unspecified atom stereocenters. The molecule has 6 heteroatoms. The molecule has 0 saturated heterocycles. The molecule has 1 heterocycles. The number of likely N-dealkylation sites (N-methyl/N-ethyl adjacent to an activating group) is 1. The standard InChI is InChI=1S/C18H17N3O3/c1-21(10-13-6-7-16-17(8-13)24-12-23-16)11-18(22)20-15-5-3-2-4-14(15)9-19/h2-8H,10-12H2,1H3,(H,20,22)/p+1. The number of anilines is 1. The third-order valence-corrected chi connectivity index (χ3v) is 3.73. The zero-order valence-corrected chi connectivity index (χ0v) is 13.3. The van der Waals surface area contributed by atoms with Crippen LogP contribution < -0.4 is 19.7 Å². The predicted molar refractivity (Wildman–Crippen MR) is 87.8 cm³/mol. The van der Waals surface area contributed by atoms with Gasteiger partial charge in [-0.25, -0.2) is 0 Å². The van der Waals surface area contributed by atoms with E-state index in [1.807, 2.05) is 25.2 Å². The van der Waals surface area contributed by atoms with Gasteiger partial charge in [-0.2, -0.15) is 5.26 Å². The van der Waals surface area contributed by atoms with Crippen LogP contribution in [0.1, 0.15) is 11.1 Å². The third kappa shape index (κ3) is 3.65. The molecule has 2 aromatic carbocycles. The average molecular weight is 324 g/mol. The Balaban J connectivity index is 1.57. The Labute approximate surface area is 140 Å². The first-order valence-electron chi connectivity index (χ1n) is 7.64. The van der Waals surface area contributed by atoms with Gasteiger partial charge in [0, 0.05) is 5.56 Å². The lowest BCUT2D eigenvalue weighted by Gasteiger charge is -2.14. The maximum absolute atomic E-state index is 12.2. The van der Waals surface area contributed by atoms with Crippen LogP contribution in [0.2, 0.25) is 0 Å². The van der Waals surface area contributed by atoms with Crippen LogP contribution in [0.3, 0.4) is 0 Å². The van der Waals surface area contributed by atoms with E-state index >= 15 is 0 Å². The molecule has 0 aliphatic carbocycles. The number of carbonyl (C=O) groups excluding carboxylic acids is 1. The number of benzene rings is 2. The smallest absolute Gasteiger partial charge is 0.279 e. The van der Waals surface area contributed by atoms with Crippen molar-refractivity contribution in [1.82, 2.24) is 0 Å². The van der Waals surface area contributed by atoms with Crippen LogP contribution >= 0.6 is 0 Å². The van der Waals surface area contributed by atoms with Crippen molar-refractivity contribution in [3.8, 4) is 17.6 Å². The van der Waals surface area contributed by atoms with Gasteiger partial charge in [0.15, 0.2) is 18.0 Å². The minimum Gasteiger partial charge on any atom is -0.454 e. The lowest BCUT2D eigenvalue weighted by atomic mass is 10.2. The number of ether oxygens (including phenoxy) is 2. The number of para-hydroxylation sites is 1. The van der Waals surface area contributed by atoms with Gasteiger partial charge in [-0.1, -0.05) is 12.1 Å². The molecule has 0 aromatic heterocycles. The molecule has 2 N–H and O–H groups in total. The quantitative estimate of drug-likeness (QED) is 0.858. The molecule has 0 saturated carbocycles. The van der Waals surface area contributed by atoms with E-state index in [0.29, 0.717) is 24.3 Å². The minimum atomic E-state index is -0.129. The summed E-state index contributed by atoms with van der Waals surface area (Å²) in [6, 6.07) is 14.8. The predicted octanol–water partition coefficient (Wildman–Crippen LogP) is 0.940. The van der Waals surface area contributed by atoms with Crippen molar-refractivity contribution in [3.63, 3.8) is 0 Å². The molecule has 1 atom stereocenters.